The van der Waals surface area contributed by atoms with Crippen molar-refractivity contribution >= 4 is 41.4 Å². The van der Waals surface area contributed by atoms with Crippen molar-refractivity contribution in [1.82, 2.24) is 20.4 Å². The van der Waals surface area contributed by atoms with Gasteiger partial charge in [-0.3, -0.25) is 14.4 Å². The van der Waals surface area contributed by atoms with Gasteiger partial charge in [0, 0.05) is 32.0 Å². The normalized spacial score (nSPS) is 16.4. The summed E-state index contributed by atoms with van der Waals surface area (Å²) in [7, 11) is 0. The van der Waals surface area contributed by atoms with Crippen molar-refractivity contribution in [3.8, 4) is 0 Å². The Bertz CT molecular complexity index is 1120. The maximum Gasteiger partial charge on any atom is 0.243 e. The molecule has 42 heavy (non-hydrogen) atoms. The molecule has 0 bridgehead atoms. The molecule has 1 heterocycles. The van der Waals surface area contributed by atoms with E-state index in [0.29, 0.717) is 31.8 Å². The molecule has 0 radical (unpaired) electrons. The zero-order chi connectivity index (χ0) is 29.8. The summed E-state index contributed by atoms with van der Waals surface area (Å²) >= 11 is 0. The van der Waals surface area contributed by atoms with E-state index < -0.39 is 18.3 Å². The molecule has 2 aromatic rings. The van der Waals surface area contributed by atoms with Gasteiger partial charge in [0.2, 0.25) is 18.2 Å². The number of amides is 3. The van der Waals surface area contributed by atoms with Gasteiger partial charge in [0.15, 0.2) is 0 Å². The highest BCUT2D eigenvalue weighted by Crippen LogP contribution is 2.27. The van der Waals surface area contributed by atoms with Crippen LogP contribution in [-0.4, -0.2) is 77.6 Å². The Morgan fingerprint density at radius 2 is 1.69 bits per heavy atom. The molecular formula is C33H51ClN4O4. The zero-order valence-corrected chi connectivity index (χ0v) is 26.6. The average Bonchev–Trinajstić information content (AvgIpc) is 3.48. The summed E-state index contributed by atoms with van der Waals surface area (Å²) in [6.07, 6.45) is 4.86. The highest BCUT2D eigenvalue weighted by atomic mass is 35.5. The summed E-state index contributed by atoms with van der Waals surface area (Å²) in [5.41, 5.74) is 0.930. The van der Waals surface area contributed by atoms with Crippen LogP contribution in [0, 0.1) is 11.8 Å². The van der Waals surface area contributed by atoms with Crippen molar-refractivity contribution < 1.29 is 19.5 Å². The van der Waals surface area contributed by atoms with Crippen LogP contribution >= 0.6 is 12.4 Å². The topological polar surface area (TPSA) is 102 Å². The maximum absolute atomic E-state index is 13.7. The van der Waals surface area contributed by atoms with Crippen LogP contribution < -0.4 is 10.6 Å². The number of carbonyl (C=O) groups excluding carboxylic acids is 3. The van der Waals surface area contributed by atoms with Crippen molar-refractivity contribution in [2.24, 2.45) is 11.8 Å². The molecule has 0 saturated carbocycles. The Morgan fingerprint density at radius 3 is 2.33 bits per heavy atom. The molecular weight excluding hydrogens is 552 g/mol. The van der Waals surface area contributed by atoms with E-state index in [2.05, 4.69) is 30.5 Å². The number of likely N-dealkylation sites (tertiary alicyclic amines) is 1. The number of hydrogen-bond donors (Lipinski definition) is 3. The summed E-state index contributed by atoms with van der Waals surface area (Å²) in [5.74, 6) is 0.181. The number of hydrogen-bond acceptors (Lipinski definition) is 5. The third-order valence-electron chi connectivity index (χ3n) is 8.69. The van der Waals surface area contributed by atoms with Gasteiger partial charge in [-0.05, 0) is 54.5 Å². The van der Waals surface area contributed by atoms with Crippen LogP contribution in [-0.2, 0) is 20.8 Å². The third kappa shape index (κ3) is 9.41. The lowest BCUT2D eigenvalue weighted by atomic mass is 9.99. The number of benzene rings is 2. The van der Waals surface area contributed by atoms with Gasteiger partial charge in [-0.1, -0.05) is 83.0 Å². The summed E-state index contributed by atoms with van der Waals surface area (Å²) < 4.78 is 0. The standard InChI is InChI=1S/C33H50N4O4.ClH/c1-5-24(6-2)20-34-21-29(39)22-35-32(40)30(19-25-15-16-27-12-9-10-13-28(27)18-25)37(23-38)31-14-11-17-36(31)33(41)26(7-3)8-4;/h9-10,12-13,15-16,18,23-24,26,29-31,34,39H,5-8,11,14,17,19-22H2,1-4H3,(H,35,40);1H/t29?,30-,31?;/m1./s1. The lowest BCUT2D eigenvalue weighted by Crippen LogP contribution is -2.57. The van der Waals surface area contributed by atoms with Gasteiger partial charge < -0.3 is 25.5 Å². The number of aliphatic hydroxyl groups is 1. The first kappa shape index (κ1) is 35.5. The lowest BCUT2D eigenvalue weighted by Gasteiger charge is -2.38. The number of aliphatic hydroxyl groups excluding tert-OH is 1. The van der Waals surface area contributed by atoms with E-state index in [1.807, 2.05) is 50.2 Å². The van der Waals surface area contributed by atoms with Crippen molar-refractivity contribution in [2.75, 3.05) is 26.2 Å². The Hall–Kier alpha value is -2.68. The molecule has 3 atom stereocenters. The second kappa shape index (κ2) is 18.1. The molecule has 234 valence electrons. The molecule has 1 aliphatic heterocycles. The Kier molecular flexibility index (Phi) is 15.3. The van der Waals surface area contributed by atoms with Crippen LogP contribution in [0.1, 0.15) is 71.8 Å². The monoisotopic (exact) mass is 602 g/mol. The van der Waals surface area contributed by atoms with Crippen LogP contribution in [0.2, 0.25) is 0 Å². The second-order valence-corrected chi connectivity index (χ2v) is 11.4. The van der Waals surface area contributed by atoms with E-state index in [-0.39, 0.29) is 36.7 Å². The molecule has 3 rings (SSSR count). The first-order chi connectivity index (χ1) is 19.9. The number of nitrogens with one attached hydrogen (secondary N) is 2. The van der Waals surface area contributed by atoms with E-state index in [0.717, 1.165) is 61.4 Å². The van der Waals surface area contributed by atoms with Crippen molar-refractivity contribution in [3.05, 3.63) is 48.0 Å². The summed E-state index contributed by atoms with van der Waals surface area (Å²) in [6.45, 7) is 10.2. The molecule has 1 fully saturated rings. The lowest BCUT2D eigenvalue weighted by molar-refractivity contribution is -0.147. The molecule has 0 aromatic heterocycles. The van der Waals surface area contributed by atoms with Gasteiger partial charge in [-0.15, -0.1) is 12.4 Å². The van der Waals surface area contributed by atoms with Crippen molar-refractivity contribution in [3.63, 3.8) is 0 Å². The highest BCUT2D eigenvalue weighted by molar-refractivity contribution is 5.86. The van der Waals surface area contributed by atoms with Gasteiger partial charge in [0.05, 0.1) is 6.10 Å². The molecule has 3 N–H and O–H groups in total. The quantitative estimate of drug-likeness (QED) is 0.231. The first-order valence-corrected chi connectivity index (χ1v) is 15.5. The molecule has 2 unspecified atom stereocenters. The molecule has 1 aliphatic rings. The van der Waals surface area contributed by atoms with Crippen LogP contribution in [0.3, 0.4) is 0 Å². The minimum atomic E-state index is -0.821. The minimum Gasteiger partial charge on any atom is -0.390 e. The SMILES string of the molecule is CCC(CC)CNCC(O)CNC(=O)[C@@H](Cc1ccc2ccccc2c1)N(C=O)C1CCCN1C(=O)C(CC)CC.Cl. The average molecular weight is 603 g/mol. The number of rotatable bonds is 17. The van der Waals surface area contributed by atoms with Crippen LogP contribution in [0.4, 0.5) is 0 Å². The Balaban J connectivity index is 0.00000616. The second-order valence-electron chi connectivity index (χ2n) is 11.4. The van der Waals surface area contributed by atoms with Crippen LogP contribution in [0.25, 0.3) is 10.8 Å². The molecule has 1 saturated heterocycles. The van der Waals surface area contributed by atoms with Crippen molar-refractivity contribution in [1.29, 1.82) is 0 Å². The Morgan fingerprint density at radius 1 is 1.00 bits per heavy atom. The predicted molar refractivity (Wildman–Crippen MR) is 171 cm³/mol. The molecule has 9 heteroatoms. The van der Waals surface area contributed by atoms with Gasteiger partial charge in [0.25, 0.3) is 0 Å². The molecule has 8 nitrogen and oxygen atoms in total. The van der Waals surface area contributed by atoms with E-state index in [4.69, 9.17) is 0 Å². The van der Waals surface area contributed by atoms with E-state index in [1.54, 1.807) is 4.90 Å². The number of carbonyl (C=O) groups is 3. The number of nitrogens with zero attached hydrogens (tertiary/aromatic N) is 2. The number of fused-ring (bicyclic) bond motifs is 1. The van der Waals surface area contributed by atoms with Crippen molar-refractivity contribution in [2.45, 2.75) is 91.0 Å². The summed E-state index contributed by atoms with van der Waals surface area (Å²) in [5, 5.41) is 18.9. The Labute approximate surface area is 258 Å². The smallest absolute Gasteiger partial charge is 0.243 e. The third-order valence-corrected chi connectivity index (χ3v) is 8.69. The maximum atomic E-state index is 13.7. The summed E-state index contributed by atoms with van der Waals surface area (Å²) in [6, 6.07) is 13.3. The van der Waals surface area contributed by atoms with Gasteiger partial charge >= 0.3 is 0 Å². The molecule has 2 aromatic carbocycles. The fourth-order valence-corrected chi connectivity index (χ4v) is 5.90. The van der Waals surface area contributed by atoms with E-state index in [9.17, 15) is 19.5 Å². The predicted octanol–water partition coefficient (Wildman–Crippen LogP) is 4.52. The van der Waals surface area contributed by atoms with E-state index >= 15 is 0 Å². The fraction of sp³-hybridized carbons (Fsp3) is 0.606. The highest BCUT2D eigenvalue weighted by Gasteiger charge is 2.39. The van der Waals surface area contributed by atoms with Gasteiger partial charge in [0.1, 0.15) is 12.2 Å². The van der Waals surface area contributed by atoms with Gasteiger partial charge in [-0.25, -0.2) is 0 Å². The molecule has 0 aliphatic carbocycles. The first-order valence-electron chi connectivity index (χ1n) is 15.5. The summed E-state index contributed by atoms with van der Waals surface area (Å²) in [4.78, 5) is 43.1. The minimum absolute atomic E-state index is 0. The van der Waals surface area contributed by atoms with Crippen LogP contribution in [0.15, 0.2) is 42.5 Å². The van der Waals surface area contributed by atoms with Crippen LogP contribution in [0.5, 0.6) is 0 Å². The largest absolute Gasteiger partial charge is 0.390 e. The number of halogens is 1. The molecule has 0 spiro atoms. The fourth-order valence-electron chi connectivity index (χ4n) is 5.90. The van der Waals surface area contributed by atoms with Gasteiger partial charge in [-0.2, -0.15) is 0 Å². The zero-order valence-electron chi connectivity index (χ0n) is 25.8. The van der Waals surface area contributed by atoms with E-state index in [1.165, 1.54) is 4.90 Å². The molecule has 3 amide bonds.